The topological polar surface area (TPSA) is 101 Å². The second-order valence-corrected chi connectivity index (χ2v) is 9.66. The molecule has 1 aromatic rings. The van der Waals surface area contributed by atoms with E-state index in [4.69, 9.17) is 4.52 Å². The van der Waals surface area contributed by atoms with E-state index in [1.807, 2.05) is 4.90 Å². The van der Waals surface area contributed by atoms with Crippen LogP contribution >= 0.6 is 0 Å². The maximum absolute atomic E-state index is 12.6. The third kappa shape index (κ3) is 3.86. The van der Waals surface area contributed by atoms with E-state index < -0.39 is 19.9 Å². The minimum atomic E-state index is -3.61. The Morgan fingerprint density at radius 3 is 2.14 bits per heavy atom. The van der Waals surface area contributed by atoms with Crippen molar-refractivity contribution in [3.05, 3.63) is 11.5 Å². The van der Waals surface area contributed by atoms with Crippen molar-refractivity contribution >= 4 is 19.9 Å². The van der Waals surface area contributed by atoms with Gasteiger partial charge in [0.2, 0.25) is 10.0 Å². The summed E-state index contributed by atoms with van der Waals surface area (Å²) < 4.78 is 53.9. The van der Waals surface area contributed by atoms with E-state index in [9.17, 15) is 16.8 Å². The lowest BCUT2D eigenvalue weighted by atomic mass is 10.4. The van der Waals surface area contributed by atoms with Crippen molar-refractivity contribution in [2.24, 2.45) is 0 Å². The zero-order chi connectivity index (χ0) is 16.5. The van der Waals surface area contributed by atoms with Crippen molar-refractivity contribution in [2.75, 3.05) is 44.7 Å². The monoisotopic (exact) mass is 351 g/mol. The fraction of sp³-hybridized carbons (Fsp3) is 0.750. The Morgan fingerprint density at radius 1 is 1.09 bits per heavy atom. The molecule has 0 saturated carbocycles. The smallest absolute Gasteiger partial charge is 0.248 e. The van der Waals surface area contributed by atoms with E-state index in [1.54, 1.807) is 13.8 Å². The average molecular weight is 351 g/mol. The fourth-order valence-electron chi connectivity index (χ4n) is 2.46. The molecule has 8 nitrogen and oxygen atoms in total. The number of sulfone groups is 1. The Labute approximate surface area is 131 Å². The summed E-state index contributed by atoms with van der Waals surface area (Å²) in [6, 6.07) is 0. The molecule has 2 rings (SSSR count). The second kappa shape index (κ2) is 6.26. The van der Waals surface area contributed by atoms with Gasteiger partial charge in [0.25, 0.3) is 0 Å². The van der Waals surface area contributed by atoms with Crippen LogP contribution in [-0.2, 0) is 19.9 Å². The molecule has 0 radical (unpaired) electrons. The molecule has 1 aliphatic rings. The molecule has 1 aliphatic heterocycles. The molecule has 2 heterocycles. The van der Waals surface area contributed by atoms with Crippen LogP contribution in [0, 0.1) is 13.8 Å². The average Bonchev–Trinajstić information content (AvgIpc) is 2.76. The van der Waals surface area contributed by atoms with E-state index >= 15 is 0 Å². The fourth-order valence-corrected chi connectivity index (χ4v) is 4.76. The van der Waals surface area contributed by atoms with Crippen LogP contribution in [0.1, 0.15) is 11.5 Å². The van der Waals surface area contributed by atoms with Crippen LogP contribution in [0.5, 0.6) is 0 Å². The summed E-state index contributed by atoms with van der Waals surface area (Å²) in [7, 11) is -6.62. The lowest BCUT2D eigenvalue weighted by molar-refractivity contribution is 0.197. The molecule has 0 spiro atoms. The number of aromatic nitrogens is 1. The lowest BCUT2D eigenvalue weighted by Crippen LogP contribution is -2.49. The van der Waals surface area contributed by atoms with Crippen LogP contribution in [0.15, 0.2) is 9.42 Å². The van der Waals surface area contributed by atoms with Crippen molar-refractivity contribution in [3.63, 3.8) is 0 Å². The Bertz CT molecular complexity index is 711. The molecule has 1 saturated heterocycles. The van der Waals surface area contributed by atoms with Gasteiger partial charge in [-0.15, -0.1) is 0 Å². The predicted octanol–water partition coefficient (Wildman–Crippen LogP) is -0.358. The summed E-state index contributed by atoms with van der Waals surface area (Å²) in [4.78, 5) is 2.09. The van der Waals surface area contributed by atoms with Gasteiger partial charge in [-0.05, 0) is 13.8 Å². The molecule has 0 aliphatic carbocycles. The van der Waals surface area contributed by atoms with Gasteiger partial charge in [-0.3, -0.25) is 4.90 Å². The summed E-state index contributed by atoms with van der Waals surface area (Å²) in [5.41, 5.74) is 0.358. The van der Waals surface area contributed by atoms with Crippen LogP contribution in [0.4, 0.5) is 0 Å². The maximum Gasteiger partial charge on any atom is 0.248 e. The highest BCUT2D eigenvalue weighted by molar-refractivity contribution is 7.90. The van der Waals surface area contributed by atoms with Crippen molar-refractivity contribution in [1.29, 1.82) is 0 Å². The Hall–Kier alpha value is -0.970. The zero-order valence-corrected chi connectivity index (χ0v) is 14.6. The number of hydrogen-bond acceptors (Lipinski definition) is 7. The molecule has 22 heavy (non-hydrogen) atoms. The molecule has 0 amide bonds. The first kappa shape index (κ1) is 17.4. The van der Waals surface area contributed by atoms with E-state index in [0.717, 1.165) is 0 Å². The van der Waals surface area contributed by atoms with E-state index in [-0.39, 0.29) is 16.4 Å². The van der Waals surface area contributed by atoms with Crippen LogP contribution in [0.3, 0.4) is 0 Å². The highest BCUT2D eigenvalue weighted by Crippen LogP contribution is 2.24. The lowest BCUT2D eigenvalue weighted by Gasteiger charge is -2.33. The first-order valence-electron chi connectivity index (χ1n) is 6.94. The number of rotatable bonds is 5. The predicted molar refractivity (Wildman–Crippen MR) is 80.9 cm³/mol. The summed E-state index contributed by atoms with van der Waals surface area (Å²) in [5.74, 6) is 0.376. The van der Waals surface area contributed by atoms with Gasteiger partial charge in [0.1, 0.15) is 20.4 Å². The molecule has 1 aromatic heterocycles. The van der Waals surface area contributed by atoms with Gasteiger partial charge in [0.05, 0.1) is 5.75 Å². The van der Waals surface area contributed by atoms with Gasteiger partial charge in [0, 0.05) is 39.0 Å². The molecular weight excluding hydrogens is 330 g/mol. The summed E-state index contributed by atoms with van der Waals surface area (Å²) in [6.45, 7) is 5.29. The van der Waals surface area contributed by atoms with Gasteiger partial charge >= 0.3 is 0 Å². The van der Waals surface area contributed by atoms with E-state index in [1.165, 1.54) is 10.6 Å². The Kier molecular flexibility index (Phi) is 4.95. The minimum Gasteiger partial charge on any atom is -0.360 e. The number of piperazine rings is 1. The SMILES string of the molecule is Cc1noc(C)c1S(=O)(=O)N1CCN(CCS(C)(=O)=O)CC1. The Morgan fingerprint density at radius 2 is 1.68 bits per heavy atom. The number of sulfonamides is 1. The number of nitrogens with zero attached hydrogens (tertiary/aromatic N) is 3. The first-order chi connectivity index (χ1) is 10.1. The van der Waals surface area contributed by atoms with Crippen LogP contribution in [0.25, 0.3) is 0 Å². The second-order valence-electron chi connectivity index (χ2n) is 5.53. The maximum atomic E-state index is 12.6. The van der Waals surface area contributed by atoms with Crippen LogP contribution in [-0.4, -0.2) is 75.9 Å². The van der Waals surface area contributed by atoms with Gasteiger partial charge in [0.15, 0.2) is 5.76 Å². The highest BCUT2D eigenvalue weighted by Gasteiger charge is 2.33. The van der Waals surface area contributed by atoms with Crippen molar-refractivity contribution in [2.45, 2.75) is 18.7 Å². The molecule has 0 N–H and O–H groups in total. The third-order valence-electron chi connectivity index (χ3n) is 3.68. The van der Waals surface area contributed by atoms with Crippen molar-refractivity contribution in [3.8, 4) is 0 Å². The van der Waals surface area contributed by atoms with Gasteiger partial charge < -0.3 is 4.52 Å². The number of hydrogen-bond donors (Lipinski definition) is 0. The molecule has 10 heteroatoms. The van der Waals surface area contributed by atoms with Crippen molar-refractivity contribution < 1.29 is 21.4 Å². The summed E-state index contributed by atoms with van der Waals surface area (Å²) >= 11 is 0. The van der Waals surface area contributed by atoms with E-state index in [0.29, 0.717) is 38.4 Å². The van der Waals surface area contributed by atoms with Crippen LogP contribution in [0.2, 0.25) is 0 Å². The zero-order valence-electron chi connectivity index (χ0n) is 12.9. The van der Waals surface area contributed by atoms with Gasteiger partial charge in [-0.25, -0.2) is 16.8 Å². The van der Waals surface area contributed by atoms with E-state index in [2.05, 4.69) is 5.16 Å². The van der Waals surface area contributed by atoms with Crippen molar-refractivity contribution in [1.82, 2.24) is 14.4 Å². The quantitative estimate of drug-likeness (QED) is 0.714. The summed E-state index contributed by atoms with van der Waals surface area (Å²) in [5, 5.41) is 3.69. The molecule has 126 valence electrons. The van der Waals surface area contributed by atoms with Gasteiger partial charge in [-0.1, -0.05) is 5.16 Å². The summed E-state index contributed by atoms with van der Waals surface area (Å²) in [6.07, 6.45) is 1.20. The Balaban J connectivity index is 2.02. The standard InChI is InChI=1S/C12H21N3O5S2/c1-10-12(11(2)20-13-10)22(18,19)15-6-4-14(5-7-15)8-9-21(3,16)17/h4-9H2,1-3H3. The molecule has 0 aromatic carbocycles. The molecule has 0 bridgehead atoms. The molecule has 0 unspecified atom stereocenters. The molecule has 1 fully saturated rings. The van der Waals surface area contributed by atoms with Gasteiger partial charge in [-0.2, -0.15) is 4.31 Å². The third-order valence-corrected chi connectivity index (χ3v) is 6.74. The van der Waals surface area contributed by atoms with Crippen LogP contribution < -0.4 is 0 Å². The highest BCUT2D eigenvalue weighted by atomic mass is 32.2. The largest absolute Gasteiger partial charge is 0.360 e. The first-order valence-corrected chi connectivity index (χ1v) is 10.4. The minimum absolute atomic E-state index is 0.0869. The number of aryl methyl sites for hydroxylation is 2. The molecular formula is C12H21N3O5S2. The molecule has 0 atom stereocenters. The normalized spacial score (nSPS) is 18.7.